The Morgan fingerprint density at radius 2 is 1.91 bits per heavy atom. The molecule has 1 aliphatic heterocycles. The molecular formula is C16H12FNO3S. The number of rotatable bonds is 3. The van der Waals surface area contributed by atoms with Crippen molar-refractivity contribution in [1.29, 1.82) is 0 Å². The summed E-state index contributed by atoms with van der Waals surface area (Å²) in [6.07, 6.45) is 1.55. The molecular weight excluding hydrogens is 305 g/mol. The second kappa shape index (κ2) is 5.81. The zero-order valence-corrected chi connectivity index (χ0v) is 12.5. The first-order chi connectivity index (χ1) is 10.6. The van der Waals surface area contributed by atoms with Gasteiger partial charge in [0.05, 0.1) is 4.91 Å². The fourth-order valence-corrected chi connectivity index (χ4v) is 2.98. The van der Waals surface area contributed by atoms with Crippen molar-refractivity contribution in [1.82, 2.24) is 4.90 Å². The summed E-state index contributed by atoms with van der Waals surface area (Å²) in [6, 6.07) is 9.38. The average molecular weight is 317 g/mol. The minimum absolute atomic E-state index is 0.274. The van der Waals surface area contributed by atoms with Gasteiger partial charge in [-0.2, -0.15) is 0 Å². The molecule has 1 fully saturated rings. The fourth-order valence-electron chi connectivity index (χ4n) is 2.10. The molecule has 0 bridgehead atoms. The molecule has 0 radical (unpaired) electrons. The van der Waals surface area contributed by atoms with Crippen LogP contribution in [0.1, 0.15) is 12.7 Å². The molecule has 3 rings (SSSR count). The molecule has 2 amide bonds. The molecule has 1 aliphatic rings. The molecule has 1 saturated heterocycles. The number of hydrogen-bond donors (Lipinski definition) is 0. The predicted octanol–water partition coefficient (Wildman–Crippen LogP) is 4.14. The quantitative estimate of drug-likeness (QED) is 0.798. The van der Waals surface area contributed by atoms with Crippen LogP contribution in [0, 0.1) is 5.82 Å². The van der Waals surface area contributed by atoms with Crippen LogP contribution < -0.4 is 0 Å². The number of amides is 2. The number of imide groups is 1. The van der Waals surface area contributed by atoms with Gasteiger partial charge in [0.2, 0.25) is 0 Å². The van der Waals surface area contributed by atoms with Gasteiger partial charge in [-0.1, -0.05) is 0 Å². The number of carbonyl (C=O) groups excluding carboxylic acids is 2. The minimum Gasteiger partial charge on any atom is -0.457 e. The van der Waals surface area contributed by atoms with Crippen LogP contribution in [0.5, 0.6) is 0 Å². The lowest BCUT2D eigenvalue weighted by molar-refractivity contribution is -0.122. The van der Waals surface area contributed by atoms with Crippen LogP contribution in [0.2, 0.25) is 0 Å². The Bertz CT molecular complexity index is 764. The third-order valence-electron chi connectivity index (χ3n) is 3.22. The van der Waals surface area contributed by atoms with Gasteiger partial charge in [0, 0.05) is 18.2 Å². The Labute approximate surface area is 130 Å². The largest absolute Gasteiger partial charge is 0.457 e. The van der Waals surface area contributed by atoms with Gasteiger partial charge >= 0.3 is 0 Å². The molecule has 22 heavy (non-hydrogen) atoms. The van der Waals surface area contributed by atoms with Crippen molar-refractivity contribution in [3.05, 3.63) is 52.9 Å². The van der Waals surface area contributed by atoms with E-state index in [9.17, 15) is 14.0 Å². The number of benzene rings is 1. The molecule has 112 valence electrons. The van der Waals surface area contributed by atoms with Crippen LogP contribution in [0.3, 0.4) is 0 Å². The number of thioether (sulfide) groups is 1. The maximum atomic E-state index is 12.9. The van der Waals surface area contributed by atoms with Crippen LogP contribution in [0.25, 0.3) is 17.4 Å². The molecule has 0 spiro atoms. The number of furan rings is 1. The van der Waals surface area contributed by atoms with Crippen molar-refractivity contribution in [3.8, 4) is 11.3 Å². The Kier molecular flexibility index (Phi) is 3.85. The second-order valence-corrected chi connectivity index (χ2v) is 5.63. The molecule has 1 aromatic heterocycles. The summed E-state index contributed by atoms with van der Waals surface area (Å²) in [4.78, 5) is 25.2. The summed E-state index contributed by atoms with van der Waals surface area (Å²) in [7, 11) is 0. The topological polar surface area (TPSA) is 50.5 Å². The summed E-state index contributed by atoms with van der Waals surface area (Å²) in [5.41, 5.74) is 0.739. The zero-order valence-electron chi connectivity index (χ0n) is 11.7. The SMILES string of the molecule is CCN1C(=O)S/C(=C/c2ccc(-c3ccc(F)cc3)o2)C1=O. The minimum atomic E-state index is -0.316. The van der Waals surface area contributed by atoms with Crippen molar-refractivity contribution < 1.29 is 18.4 Å². The Hall–Kier alpha value is -2.34. The Morgan fingerprint density at radius 3 is 2.55 bits per heavy atom. The fraction of sp³-hybridized carbons (Fsp3) is 0.125. The van der Waals surface area contributed by atoms with E-state index in [0.29, 0.717) is 23.0 Å². The van der Waals surface area contributed by atoms with Gasteiger partial charge in [-0.3, -0.25) is 14.5 Å². The first kappa shape index (κ1) is 14.6. The molecule has 2 heterocycles. The average Bonchev–Trinajstić information content (AvgIpc) is 3.06. The smallest absolute Gasteiger partial charge is 0.293 e. The number of halogens is 1. The van der Waals surface area contributed by atoms with E-state index in [2.05, 4.69) is 0 Å². The number of likely N-dealkylation sites (N-methyl/N-ethyl adjacent to an activating group) is 1. The third-order valence-corrected chi connectivity index (χ3v) is 4.13. The van der Waals surface area contributed by atoms with Gasteiger partial charge in [-0.15, -0.1) is 0 Å². The summed E-state index contributed by atoms with van der Waals surface area (Å²) < 4.78 is 18.5. The van der Waals surface area contributed by atoms with Gasteiger partial charge in [0.1, 0.15) is 17.3 Å². The van der Waals surface area contributed by atoms with Crippen molar-refractivity contribution in [2.75, 3.05) is 6.54 Å². The normalized spacial score (nSPS) is 16.8. The third kappa shape index (κ3) is 2.69. The molecule has 1 aromatic carbocycles. The Balaban J connectivity index is 1.86. The maximum Gasteiger partial charge on any atom is 0.293 e. The molecule has 6 heteroatoms. The van der Waals surface area contributed by atoms with E-state index in [-0.39, 0.29) is 17.0 Å². The molecule has 0 unspecified atom stereocenters. The monoisotopic (exact) mass is 317 g/mol. The highest BCUT2D eigenvalue weighted by atomic mass is 32.2. The number of hydrogen-bond acceptors (Lipinski definition) is 4. The van der Waals surface area contributed by atoms with Gasteiger partial charge in [-0.25, -0.2) is 4.39 Å². The van der Waals surface area contributed by atoms with E-state index in [1.165, 1.54) is 17.0 Å². The summed E-state index contributed by atoms with van der Waals surface area (Å²) >= 11 is 0.897. The molecule has 0 atom stereocenters. The highest BCUT2D eigenvalue weighted by Gasteiger charge is 2.33. The van der Waals surface area contributed by atoms with Crippen LogP contribution in [-0.4, -0.2) is 22.6 Å². The van der Waals surface area contributed by atoms with Gasteiger partial charge in [0.15, 0.2) is 0 Å². The zero-order chi connectivity index (χ0) is 15.7. The number of nitrogens with zero attached hydrogens (tertiary/aromatic N) is 1. The maximum absolute atomic E-state index is 12.9. The lowest BCUT2D eigenvalue weighted by atomic mass is 10.2. The van der Waals surface area contributed by atoms with E-state index in [1.54, 1.807) is 37.3 Å². The van der Waals surface area contributed by atoms with Gasteiger partial charge < -0.3 is 4.42 Å². The van der Waals surface area contributed by atoms with E-state index in [0.717, 1.165) is 17.3 Å². The standard InChI is InChI=1S/C16H12FNO3S/c1-2-18-15(19)14(22-16(18)20)9-12-7-8-13(21-12)10-3-5-11(17)6-4-10/h3-9H,2H2,1H3/b14-9+. The molecule has 0 aliphatic carbocycles. The summed E-state index contributed by atoms with van der Waals surface area (Å²) in [5.74, 6) is 0.419. The van der Waals surface area contributed by atoms with E-state index < -0.39 is 0 Å². The summed E-state index contributed by atoms with van der Waals surface area (Å²) in [6.45, 7) is 2.10. The van der Waals surface area contributed by atoms with Gasteiger partial charge in [0.25, 0.3) is 11.1 Å². The van der Waals surface area contributed by atoms with Crippen molar-refractivity contribution >= 4 is 29.0 Å². The van der Waals surface area contributed by atoms with Crippen LogP contribution in [0.4, 0.5) is 9.18 Å². The predicted molar refractivity (Wildman–Crippen MR) is 82.5 cm³/mol. The lowest BCUT2D eigenvalue weighted by Gasteiger charge is -2.06. The van der Waals surface area contributed by atoms with Crippen LogP contribution >= 0.6 is 11.8 Å². The second-order valence-electron chi connectivity index (χ2n) is 4.63. The molecule has 2 aromatic rings. The highest BCUT2D eigenvalue weighted by molar-refractivity contribution is 8.18. The highest BCUT2D eigenvalue weighted by Crippen LogP contribution is 2.33. The van der Waals surface area contributed by atoms with Crippen LogP contribution in [-0.2, 0) is 4.79 Å². The van der Waals surface area contributed by atoms with Crippen molar-refractivity contribution in [3.63, 3.8) is 0 Å². The van der Waals surface area contributed by atoms with Crippen LogP contribution in [0.15, 0.2) is 45.7 Å². The van der Waals surface area contributed by atoms with Crippen molar-refractivity contribution in [2.24, 2.45) is 0 Å². The first-order valence-electron chi connectivity index (χ1n) is 6.69. The van der Waals surface area contributed by atoms with E-state index in [1.807, 2.05) is 0 Å². The first-order valence-corrected chi connectivity index (χ1v) is 7.51. The summed E-state index contributed by atoms with van der Waals surface area (Å²) in [5, 5.41) is -0.274. The number of carbonyl (C=O) groups is 2. The van der Waals surface area contributed by atoms with Gasteiger partial charge in [-0.05, 0) is 55.1 Å². The van der Waals surface area contributed by atoms with E-state index in [4.69, 9.17) is 4.42 Å². The molecule has 0 saturated carbocycles. The Morgan fingerprint density at radius 1 is 1.18 bits per heavy atom. The lowest BCUT2D eigenvalue weighted by Crippen LogP contribution is -2.27. The van der Waals surface area contributed by atoms with E-state index >= 15 is 0 Å². The van der Waals surface area contributed by atoms with Crippen molar-refractivity contribution in [2.45, 2.75) is 6.92 Å². The molecule has 0 N–H and O–H groups in total. The molecule has 4 nitrogen and oxygen atoms in total.